The third kappa shape index (κ3) is 6.16. The molecule has 0 radical (unpaired) electrons. The maximum absolute atomic E-state index is 12.8. The van der Waals surface area contributed by atoms with E-state index in [4.69, 9.17) is 21.4 Å². The van der Waals surface area contributed by atoms with E-state index in [0.717, 1.165) is 44.9 Å². The number of halogens is 1. The Morgan fingerprint density at radius 2 is 1.27 bits per heavy atom. The highest BCUT2D eigenvalue weighted by molar-refractivity contribution is 6.33. The fourth-order valence-corrected chi connectivity index (χ4v) is 6.85. The zero-order valence-electron chi connectivity index (χ0n) is 25.6. The zero-order chi connectivity index (χ0) is 32.6. The summed E-state index contributed by atoms with van der Waals surface area (Å²) in [6, 6.07) is 8.16. The summed E-state index contributed by atoms with van der Waals surface area (Å²) in [7, 11) is 1.51. The van der Waals surface area contributed by atoms with Crippen LogP contribution in [0.2, 0.25) is 5.02 Å². The topological polar surface area (TPSA) is 148 Å². The van der Waals surface area contributed by atoms with Gasteiger partial charge in [0.15, 0.2) is 0 Å². The van der Waals surface area contributed by atoms with E-state index in [1.807, 2.05) is 0 Å². The third-order valence-corrected chi connectivity index (χ3v) is 9.48. The van der Waals surface area contributed by atoms with Gasteiger partial charge < -0.3 is 20.1 Å². The Bertz CT molecular complexity index is 1830. The molecule has 238 valence electrons. The second-order valence-corrected chi connectivity index (χ2v) is 12.3. The summed E-state index contributed by atoms with van der Waals surface area (Å²) >= 11 is 6.21. The van der Waals surface area contributed by atoms with Gasteiger partial charge in [0.2, 0.25) is 11.8 Å². The lowest BCUT2D eigenvalue weighted by Gasteiger charge is -2.25. The van der Waals surface area contributed by atoms with Crippen LogP contribution in [0.4, 0.5) is 0 Å². The first kappa shape index (κ1) is 32.1. The van der Waals surface area contributed by atoms with Crippen LogP contribution in [0.15, 0.2) is 30.3 Å². The molecule has 2 heterocycles. The molecule has 0 atom stereocenters. The Kier molecular flexibility index (Phi) is 9.25. The Morgan fingerprint density at radius 3 is 1.73 bits per heavy atom. The molecular weight excluding hydrogens is 600 g/mol. The first-order chi connectivity index (χ1) is 21.4. The number of hydrogen-bond acceptors (Lipinski definition) is 6. The first-order valence-corrected chi connectivity index (χ1v) is 15.5. The minimum Gasteiger partial charge on any atom is -0.508 e. The number of methoxy groups -OCH3 is 1. The van der Waals surface area contributed by atoms with Crippen LogP contribution in [-0.2, 0) is 22.4 Å². The number of aromatic hydroxyl groups is 1. The highest BCUT2D eigenvalue weighted by Gasteiger charge is 2.31. The number of fused-ring (bicyclic) bond motifs is 2. The van der Waals surface area contributed by atoms with Crippen LogP contribution in [0.5, 0.6) is 11.5 Å². The average molecular weight is 637 g/mol. The summed E-state index contributed by atoms with van der Waals surface area (Å²) in [5.74, 6) is -1.23. The van der Waals surface area contributed by atoms with Crippen LogP contribution in [0, 0.1) is 25.7 Å². The van der Waals surface area contributed by atoms with E-state index in [2.05, 4.69) is 0 Å². The molecule has 6 rings (SSSR count). The highest BCUT2D eigenvalue weighted by Crippen LogP contribution is 2.38. The number of carbonyl (C=O) groups is 4. The fraction of sp³-hybridized carbons (Fsp3) is 0.412. The standard InChI is InChI=1S/C17H18ClNO4.C17H19NO4/c1-9-11(7-16(20)21)12-6-15(23-2)13(18)8-14(12)19(9)17(22)10-4-3-5-10;1-10-13(9-16(20)21)14-8-12(19)6-7-15(14)18(10)17(22)11-4-2-3-5-11/h6,8,10H,3-5,7H2,1-2H3,(H,20,21);6-8,11,19H,2-5,9H2,1H3,(H,20,21). The summed E-state index contributed by atoms with van der Waals surface area (Å²) in [6.45, 7) is 3.57. The molecule has 2 aliphatic rings. The molecule has 45 heavy (non-hydrogen) atoms. The normalized spacial score (nSPS) is 15.1. The summed E-state index contributed by atoms with van der Waals surface area (Å²) in [5.41, 5.74) is 3.91. The zero-order valence-corrected chi connectivity index (χ0v) is 26.3. The smallest absolute Gasteiger partial charge is 0.307 e. The van der Waals surface area contributed by atoms with E-state index in [1.54, 1.807) is 47.2 Å². The molecule has 2 aromatic carbocycles. The summed E-state index contributed by atoms with van der Waals surface area (Å²) in [6.07, 6.45) is 6.45. The lowest BCUT2D eigenvalue weighted by molar-refractivity contribution is -0.137. The van der Waals surface area contributed by atoms with Gasteiger partial charge in [0.25, 0.3) is 0 Å². The van der Waals surface area contributed by atoms with Crippen molar-refractivity contribution in [2.24, 2.45) is 11.8 Å². The van der Waals surface area contributed by atoms with Crippen molar-refractivity contribution in [1.29, 1.82) is 0 Å². The average Bonchev–Trinajstić information content (AvgIpc) is 3.64. The van der Waals surface area contributed by atoms with Gasteiger partial charge in [0, 0.05) is 34.0 Å². The molecule has 2 fully saturated rings. The number of aromatic nitrogens is 2. The number of benzene rings is 2. The van der Waals surface area contributed by atoms with Gasteiger partial charge in [-0.25, -0.2) is 0 Å². The van der Waals surface area contributed by atoms with Crippen LogP contribution in [0.3, 0.4) is 0 Å². The Labute approximate surface area is 265 Å². The molecule has 0 amide bonds. The van der Waals surface area contributed by atoms with E-state index >= 15 is 0 Å². The Morgan fingerprint density at radius 1 is 0.778 bits per heavy atom. The fourth-order valence-electron chi connectivity index (χ4n) is 6.62. The largest absolute Gasteiger partial charge is 0.508 e. The number of aliphatic carboxylic acids is 2. The van der Waals surface area contributed by atoms with E-state index in [1.165, 1.54) is 13.2 Å². The molecule has 0 unspecified atom stereocenters. The molecule has 11 heteroatoms. The second kappa shape index (κ2) is 13.0. The quantitative estimate of drug-likeness (QED) is 0.201. The van der Waals surface area contributed by atoms with E-state index in [9.17, 15) is 29.4 Å². The number of phenols is 1. The van der Waals surface area contributed by atoms with Crippen LogP contribution in [-0.4, -0.2) is 55.3 Å². The van der Waals surface area contributed by atoms with Crippen LogP contribution >= 0.6 is 11.6 Å². The number of hydrogen-bond donors (Lipinski definition) is 3. The predicted molar refractivity (Wildman–Crippen MR) is 170 cm³/mol. The lowest BCUT2D eigenvalue weighted by atomic mass is 9.84. The molecule has 0 saturated heterocycles. The van der Waals surface area contributed by atoms with Gasteiger partial charge in [-0.15, -0.1) is 0 Å². The number of carbonyl (C=O) groups excluding carboxylic acids is 2. The van der Waals surface area contributed by atoms with Crippen molar-refractivity contribution in [3.05, 3.63) is 57.9 Å². The van der Waals surface area contributed by atoms with Gasteiger partial charge in [0.05, 0.1) is 36.0 Å². The van der Waals surface area contributed by atoms with E-state index in [0.29, 0.717) is 55.1 Å². The minimum absolute atomic E-state index is 0.0146. The van der Waals surface area contributed by atoms with Crippen LogP contribution in [0.1, 0.15) is 77.0 Å². The number of rotatable bonds is 7. The highest BCUT2D eigenvalue weighted by atomic mass is 35.5. The van der Waals surface area contributed by atoms with Gasteiger partial charge in [-0.05, 0) is 81.0 Å². The summed E-state index contributed by atoms with van der Waals surface area (Å²) in [4.78, 5) is 47.9. The van der Waals surface area contributed by atoms with Crippen molar-refractivity contribution in [2.45, 2.75) is 71.6 Å². The number of phenolic OH excluding ortho intramolecular Hbond substituents is 1. The molecule has 0 spiro atoms. The van der Waals surface area contributed by atoms with Crippen LogP contribution in [0.25, 0.3) is 21.8 Å². The number of carboxylic acid groups (broad SMARTS) is 2. The first-order valence-electron chi connectivity index (χ1n) is 15.1. The summed E-state index contributed by atoms with van der Waals surface area (Å²) in [5, 5.41) is 29.8. The predicted octanol–water partition coefficient (Wildman–Crippen LogP) is 6.79. The molecule has 3 N–H and O–H groups in total. The van der Waals surface area contributed by atoms with Crippen molar-refractivity contribution >= 4 is 57.2 Å². The van der Waals surface area contributed by atoms with Crippen LogP contribution < -0.4 is 4.74 Å². The van der Waals surface area contributed by atoms with Gasteiger partial charge in [-0.3, -0.25) is 28.3 Å². The molecule has 0 bridgehead atoms. The maximum atomic E-state index is 12.8. The second-order valence-electron chi connectivity index (χ2n) is 11.9. The molecule has 4 aromatic rings. The maximum Gasteiger partial charge on any atom is 0.307 e. The summed E-state index contributed by atoms with van der Waals surface area (Å²) < 4.78 is 8.50. The number of carboxylic acids is 2. The van der Waals surface area contributed by atoms with Crippen molar-refractivity contribution in [2.75, 3.05) is 7.11 Å². The monoisotopic (exact) mass is 636 g/mol. The molecule has 10 nitrogen and oxygen atoms in total. The molecule has 2 aromatic heterocycles. The molecule has 0 aliphatic heterocycles. The van der Waals surface area contributed by atoms with Crippen molar-refractivity contribution in [3.8, 4) is 11.5 Å². The van der Waals surface area contributed by atoms with Gasteiger partial charge in [-0.1, -0.05) is 30.9 Å². The Hall–Kier alpha value is -4.31. The molecule has 2 saturated carbocycles. The van der Waals surface area contributed by atoms with E-state index in [-0.39, 0.29) is 42.2 Å². The molecule has 2 aliphatic carbocycles. The molecular formula is C34H37ClN2O8. The number of ether oxygens (including phenoxy) is 1. The number of nitrogens with zero attached hydrogens (tertiary/aromatic N) is 2. The minimum atomic E-state index is -0.946. The van der Waals surface area contributed by atoms with Crippen molar-refractivity contribution in [1.82, 2.24) is 9.13 Å². The Balaban J connectivity index is 0.000000178. The van der Waals surface area contributed by atoms with Gasteiger partial charge >= 0.3 is 11.9 Å². The SMILES string of the molecule is COc1cc2c(CC(=O)O)c(C)n(C(=O)C3CCC3)c2cc1Cl.Cc1c(CC(=O)O)c2cc(O)ccc2n1C(=O)C1CCCC1. The van der Waals surface area contributed by atoms with Crippen molar-refractivity contribution < 1.29 is 39.2 Å². The van der Waals surface area contributed by atoms with Gasteiger partial charge in [-0.2, -0.15) is 0 Å². The van der Waals surface area contributed by atoms with E-state index < -0.39 is 11.9 Å². The lowest BCUT2D eigenvalue weighted by Crippen LogP contribution is -2.28. The van der Waals surface area contributed by atoms with Crippen molar-refractivity contribution in [3.63, 3.8) is 0 Å². The third-order valence-electron chi connectivity index (χ3n) is 9.18. The van der Waals surface area contributed by atoms with Gasteiger partial charge in [0.1, 0.15) is 11.5 Å².